The summed E-state index contributed by atoms with van der Waals surface area (Å²) in [6.07, 6.45) is 2.82. The highest BCUT2D eigenvalue weighted by Gasteiger charge is 2.15. The van der Waals surface area contributed by atoms with E-state index in [-0.39, 0.29) is 6.61 Å². The summed E-state index contributed by atoms with van der Waals surface area (Å²) in [6, 6.07) is 5.25. The van der Waals surface area contributed by atoms with Crippen LogP contribution in [-0.4, -0.2) is 32.4 Å². The van der Waals surface area contributed by atoms with Gasteiger partial charge in [0.25, 0.3) is 0 Å². The van der Waals surface area contributed by atoms with Gasteiger partial charge in [-0.25, -0.2) is 9.48 Å². The number of hydrogen-bond acceptors (Lipinski definition) is 6. The lowest BCUT2D eigenvalue weighted by atomic mass is 10.2. The number of tetrazole rings is 1. The molecular formula is C13H15ClN4O2S. The van der Waals surface area contributed by atoms with Crippen LogP contribution in [0.5, 0.6) is 0 Å². The van der Waals surface area contributed by atoms with Crippen molar-refractivity contribution in [2.45, 2.75) is 31.4 Å². The molecule has 2 rings (SSSR count). The number of hydrogen-bond donors (Lipinski definition) is 0. The standard InChI is InChI=1S/C13H15ClN4O2S/c1-3-6-18-12(15-16-17-18)8-20-13(19)10-7-9(21-2)4-5-11(10)14/h4-5,7H,3,6,8H2,1-2H3. The summed E-state index contributed by atoms with van der Waals surface area (Å²) in [5, 5.41) is 11.6. The monoisotopic (exact) mass is 326 g/mol. The zero-order valence-electron chi connectivity index (χ0n) is 11.7. The lowest BCUT2D eigenvalue weighted by Gasteiger charge is -2.07. The number of ether oxygens (including phenoxy) is 1. The first-order valence-electron chi connectivity index (χ1n) is 6.41. The van der Waals surface area contributed by atoms with Crippen molar-refractivity contribution in [3.8, 4) is 0 Å². The topological polar surface area (TPSA) is 69.9 Å². The van der Waals surface area contributed by atoms with Gasteiger partial charge >= 0.3 is 5.97 Å². The number of esters is 1. The summed E-state index contributed by atoms with van der Waals surface area (Å²) in [5.74, 6) is 0.0318. The van der Waals surface area contributed by atoms with E-state index in [1.54, 1.807) is 16.8 Å². The van der Waals surface area contributed by atoms with Crippen molar-refractivity contribution >= 4 is 29.3 Å². The second-order valence-corrected chi connectivity index (χ2v) is 5.53. The molecule has 0 aliphatic rings. The van der Waals surface area contributed by atoms with Crippen molar-refractivity contribution in [2.75, 3.05) is 6.26 Å². The van der Waals surface area contributed by atoms with Crippen molar-refractivity contribution in [3.63, 3.8) is 0 Å². The molecule has 0 spiro atoms. The van der Waals surface area contributed by atoms with Crippen LogP contribution in [0, 0.1) is 0 Å². The van der Waals surface area contributed by atoms with Crippen LogP contribution >= 0.6 is 23.4 Å². The molecule has 0 radical (unpaired) electrons. The normalized spacial score (nSPS) is 10.6. The van der Waals surface area contributed by atoms with Crippen molar-refractivity contribution in [3.05, 3.63) is 34.6 Å². The van der Waals surface area contributed by atoms with Crippen LogP contribution in [-0.2, 0) is 17.9 Å². The number of carbonyl (C=O) groups is 1. The number of nitrogens with zero attached hydrogens (tertiary/aromatic N) is 4. The Labute approximate surface area is 131 Å². The first-order chi connectivity index (χ1) is 10.2. The average Bonchev–Trinajstić information content (AvgIpc) is 2.93. The van der Waals surface area contributed by atoms with Gasteiger partial charge in [0, 0.05) is 11.4 Å². The van der Waals surface area contributed by atoms with Crippen molar-refractivity contribution in [2.24, 2.45) is 0 Å². The first kappa shape index (κ1) is 15.8. The molecule has 21 heavy (non-hydrogen) atoms. The van der Waals surface area contributed by atoms with Crippen molar-refractivity contribution in [1.29, 1.82) is 0 Å². The lowest BCUT2D eigenvalue weighted by Crippen LogP contribution is -2.11. The minimum Gasteiger partial charge on any atom is -0.454 e. The molecule has 0 atom stereocenters. The van der Waals surface area contributed by atoms with E-state index in [0.717, 1.165) is 11.3 Å². The Balaban J connectivity index is 2.06. The van der Waals surface area contributed by atoms with Crippen LogP contribution in [0.15, 0.2) is 23.1 Å². The van der Waals surface area contributed by atoms with Gasteiger partial charge in [0.1, 0.15) is 0 Å². The van der Waals surface area contributed by atoms with Crippen LogP contribution in [0.2, 0.25) is 5.02 Å². The molecule has 0 fully saturated rings. The molecule has 0 N–H and O–H groups in total. The van der Waals surface area contributed by atoms with Crippen LogP contribution in [0.3, 0.4) is 0 Å². The molecule has 0 saturated carbocycles. The minimum atomic E-state index is -0.484. The molecular weight excluding hydrogens is 312 g/mol. The van der Waals surface area contributed by atoms with Crippen LogP contribution in [0.4, 0.5) is 0 Å². The average molecular weight is 327 g/mol. The fourth-order valence-electron chi connectivity index (χ4n) is 1.71. The highest BCUT2D eigenvalue weighted by Crippen LogP contribution is 2.23. The van der Waals surface area contributed by atoms with Gasteiger partial charge in [-0.3, -0.25) is 0 Å². The van der Waals surface area contributed by atoms with Crippen LogP contribution in [0.25, 0.3) is 0 Å². The summed E-state index contributed by atoms with van der Waals surface area (Å²) in [5.41, 5.74) is 0.345. The molecule has 0 aliphatic heterocycles. The molecule has 0 bridgehead atoms. The zero-order chi connectivity index (χ0) is 15.2. The van der Waals surface area contributed by atoms with E-state index in [1.807, 2.05) is 19.2 Å². The molecule has 1 aromatic heterocycles. The number of aromatic nitrogens is 4. The second-order valence-electron chi connectivity index (χ2n) is 4.24. The van der Waals surface area contributed by atoms with Gasteiger partial charge in [-0.15, -0.1) is 16.9 Å². The Morgan fingerprint density at radius 3 is 3.00 bits per heavy atom. The van der Waals surface area contributed by atoms with Gasteiger partial charge in [-0.1, -0.05) is 18.5 Å². The van der Waals surface area contributed by atoms with E-state index in [4.69, 9.17) is 16.3 Å². The summed E-state index contributed by atoms with van der Waals surface area (Å²) < 4.78 is 6.86. The third-order valence-corrected chi connectivity index (χ3v) is 3.82. The smallest absolute Gasteiger partial charge is 0.340 e. The van der Waals surface area contributed by atoms with E-state index >= 15 is 0 Å². The van der Waals surface area contributed by atoms with Crippen LogP contribution < -0.4 is 0 Å². The molecule has 8 heteroatoms. The van der Waals surface area contributed by atoms with Gasteiger partial charge in [0.05, 0.1) is 10.6 Å². The SMILES string of the molecule is CCCn1nnnc1COC(=O)c1cc(SC)ccc1Cl. The number of halogens is 1. The Kier molecular flexibility index (Phi) is 5.58. The van der Waals surface area contributed by atoms with E-state index in [2.05, 4.69) is 15.5 Å². The van der Waals surface area contributed by atoms with Gasteiger partial charge < -0.3 is 4.74 Å². The largest absolute Gasteiger partial charge is 0.454 e. The van der Waals surface area contributed by atoms with Crippen LogP contribution in [0.1, 0.15) is 29.5 Å². The molecule has 2 aromatic rings. The first-order valence-corrected chi connectivity index (χ1v) is 8.01. The summed E-state index contributed by atoms with van der Waals surface area (Å²) >= 11 is 7.57. The van der Waals surface area contributed by atoms with Gasteiger partial charge in [0.15, 0.2) is 12.4 Å². The zero-order valence-corrected chi connectivity index (χ0v) is 13.3. The summed E-state index contributed by atoms with van der Waals surface area (Å²) in [7, 11) is 0. The molecule has 6 nitrogen and oxygen atoms in total. The lowest BCUT2D eigenvalue weighted by molar-refractivity contribution is 0.0456. The Hall–Kier alpha value is -1.60. The van der Waals surface area contributed by atoms with E-state index < -0.39 is 5.97 Å². The third kappa shape index (κ3) is 3.95. The van der Waals surface area contributed by atoms with Crippen molar-refractivity contribution in [1.82, 2.24) is 20.2 Å². The third-order valence-electron chi connectivity index (χ3n) is 2.77. The van der Waals surface area contributed by atoms with E-state index in [1.165, 1.54) is 11.8 Å². The number of carbonyl (C=O) groups excluding carboxylic acids is 1. The summed E-state index contributed by atoms with van der Waals surface area (Å²) in [4.78, 5) is 13.1. The number of benzene rings is 1. The van der Waals surface area contributed by atoms with Gasteiger partial charge in [-0.2, -0.15) is 0 Å². The molecule has 0 unspecified atom stereocenters. The predicted octanol–water partition coefficient (Wildman–Crippen LogP) is 2.82. The van der Waals surface area contributed by atoms with Gasteiger partial charge in [0.2, 0.25) is 0 Å². The highest BCUT2D eigenvalue weighted by atomic mass is 35.5. The molecule has 1 aromatic carbocycles. The minimum absolute atomic E-state index is 0.0195. The number of aryl methyl sites for hydroxylation is 1. The fourth-order valence-corrected chi connectivity index (χ4v) is 2.34. The second kappa shape index (κ2) is 7.42. The Bertz CT molecular complexity index is 632. The van der Waals surface area contributed by atoms with E-state index in [9.17, 15) is 4.79 Å². The molecule has 112 valence electrons. The van der Waals surface area contributed by atoms with E-state index in [0.29, 0.717) is 23.0 Å². The number of rotatable bonds is 6. The molecule has 1 heterocycles. The van der Waals surface area contributed by atoms with Gasteiger partial charge in [-0.05, 0) is 41.3 Å². The molecule has 0 amide bonds. The predicted molar refractivity (Wildman–Crippen MR) is 80.5 cm³/mol. The summed E-state index contributed by atoms with van der Waals surface area (Å²) in [6.45, 7) is 2.72. The Morgan fingerprint density at radius 2 is 2.29 bits per heavy atom. The maximum atomic E-state index is 12.1. The maximum Gasteiger partial charge on any atom is 0.340 e. The van der Waals surface area contributed by atoms with Crippen molar-refractivity contribution < 1.29 is 9.53 Å². The maximum absolute atomic E-state index is 12.1. The Morgan fingerprint density at radius 1 is 1.48 bits per heavy atom. The molecule has 0 saturated heterocycles. The fraction of sp³-hybridized carbons (Fsp3) is 0.385. The highest BCUT2D eigenvalue weighted by molar-refractivity contribution is 7.98. The molecule has 0 aliphatic carbocycles. The quantitative estimate of drug-likeness (QED) is 0.600. The number of thioether (sulfide) groups is 1.